The molecule has 1 aliphatic heterocycles. The summed E-state index contributed by atoms with van der Waals surface area (Å²) in [4.78, 5) is 21.8. The van der Waals surface area contributed by atoms with Crippen LogP contribution in [0.4, 0.5) is 0 Å². The van der Waals surface area contributed by atoms with E-state index in [-0.39, 0.29) is 11.9 Å². The number of benzene rings is 1. The lowest BCUT2D eigenvalue weighted by Crippen LogP contribution is -2.41. The van der Waals surface area contributed by atoms with Crippen molar-refractivity contribution in [3.05, 3.63) is 58.9 Å². The highest BCUT2D eigenvalue weighted by molar-refractivity contribution is 5.92. The third-order valence-corrected chi connectivity index (χ3v) is 7.34. The van der Waals surface area contributed by atoms with Gasteiger partial charge < -0.3 is 9.64 Å². The average molecular weight is 420 g/mol. The van der Waals surface area contributed by atoms with Gasteiger partial charge >= 0.3 is 0 Å². The highest BCUT2D eigenvalue weighted by atomic mass is 16.5. The molecule has 1 saturated heterocycles. The van der Waals surface area contributed by atoms with Crippen molar-refractivity contribution in [2.75, 3.05) is 27.2 Å². The normalized spacial score (nSPS) is 23.4. The van der Waals surface area contributed by atoms with Crippen LogP contribution in [0.5, 0.6) is 5.75 Å². The number of rotatable bonds is 6. The van der Waals surface area contributed by atoms with E-state index in [1.807, 2.05) is 18.0 Å². The predicted molar refractivity (Wildman–Crippen MR) is 121 cm³/mol. The third kappa shape index (κ3) is 4.47. The molecule has 3 aliphatic rings. The second kappa shape index (κ2) is 8.62. The van der Waals surface area contributed by atoms with Crippen molar-refractivity contribution < 1.29 is 9.53 Å². The fourth-order valence-electron chi connectivity index (χ4n) is 5.06. The maximum atomic E-state index is 13.0. The van der Waals surface area contributed by atoms with Crippen LogP contribution < -0.4 is 4.74 Å². The first-order valence-corrected chi connectivity index (χ1v) is 11.8. The molecule has 31 heavy (non-hydrogen) atoms. The molecule has 5 heteroatoms. The summed E-state index contributed by atoms with van der Waals surface area (Å²) in [7, 11) is 4.15. The Labute approximate surface area is 185 Å². The van der Waals surface area contributed by atoms with Gasteiger partial charge in [0.25, 0.3) is 5.91 Å². The number of amides is 1. The molecule has 0 N–H and O–H groups in total. The molecule has 1 aromatic carbocycles. The number of nitrogens with zero attached hydrogens (tertiary/aromatic N) is 3. The maximum Gasteiger partial charge on any atom is 0.272 e. The minimum Gasteiger partial charge on any atom is -0.492 e. The number of pyridine rings is 1. The Hall–Kier alpha value is -2.40. The molecule has 0 radical (unpaired) electrons. The first-order valence-electron chi connectivity index (χ1n) is 11.8. The van der Waals surface area contributed by atoms with Crippen molar-refractivity contribution in [2.24, 2.45) is 5.92 Å². The second-order valence-corrected chi connectivity index (χ2v) is 9.61. The van der Waals surface area contributed by atoms with E-state index in [1.165, 1.54) is 48.9 Å². The Morgan fingerprint density at radius 2 is 2.03 bits per heavy atom. The Morgan fingerprint density at radius 3 is 2.74 bits per heavy atom. The highest BCUT2D eigenvalue weighted by Gasteiger charge is 2.28. The zero-order valence-electron chi connectivity index (χ0n) is 18.7. The topological polar surface area (TPSA) is 45.7 Å². The SMILES string of the molecule is CN1CCCC1c1ccc2c(c1)CC[C@H](N(C)C(=O)c1ccc(OCC3CC3)cn1)C2. The summed E-state index contributed by atoms with van der Waals surface area (Å²) in [6.07, 6.45) is 9.70. The molecule has 1 unspecified atom stereocenters. The number of aromatic nitrogens is 1. The Morgan fingerprint density at radius 1 is 1.16 bits per heavy atom. The van der Waals surface area contributed by atoms with Crippen molar-refractivity contribution >= 4 is 5.91 Å². The van der Waals surface area contributed by atoms with Crippen LogP contribution in [-0.2, 0) is 12.8 Å². The molecule has 1 saturated carbocycles. The summed E-state index contributed by atoms with van der Waals surface area (Å²) in [5.74, 6) is 1.45. The number of hydrogen-bond donors (Lipinski definition) is 0. The monoisotopic (exact) mass is 419 g/mol. The summed E-state index contributed by atoms with van der Waals surface area (Å²) in [5.41, 5.74) is 4.80. The first-order chi connectivity index (χ1) is 15.1. The van der Waals surface area contributed by atoms with Gasteiger partial charge in [-0.3, -0.25) is 9.69 Å². The Bertz CT molecular complexity index is 938. The van der Waals surface area contributed by atoms with Gasteiger partial charge in [0, 0.05) is 19.1 Å². The highest BCUT2D eigenvalue weighted by Crippen LogP contribution is 2.34. The Balaban J connectivity index is 1.22. The molecule has 2 atom stereocenters. The number of likely N-dealkylation sites (N-methyl/N-ethyl adjacent to an activating group) is 1. The van der Waals surface area contributed by atoms with E-state index in [9.17, 15) is 4.79 Å². The van der Waals surface area contributed by atoms with Crippen LogP contribution in [0.15, 0.2) is 36.5 Å². The summed E-state index contributed by atoms with van der Waals surface area (Å²) < 4.78 is 5.74. The average Bonchev–Trinajstić information content (AvgIpc) is 3.54. The van der Waals surface area contributed by atoms with E-state index in [0.717, 1.165) is 31.6 Å². The van der Waals surface area contributed by atoms with E-state index in [4.69, 9.17) is 4.74 Å². The minimum atomic E-state index is -0.00797. The summed E-state index contributed by atoms with van der Waals surface area (Å²) in [5, 5.41) is 0. The van der Waals surface area contributed by atoms with E-state index in [1.54, 1.807) is 12.3 Å². The van der Waals surface area contributed by atoms with Gasteiger partial charge in [0.2, 0.25) is 0 Å². The third-order valence-electron chi connectivity index (χ3n) is 7.34. The zero-order chi connectivity index (χ0) is 21.4. The smallest absolute Gasteiger partial charge is 0.272 e. The number of hydrogen-bond acceptors (Lipinski definition) is 4. The lowest BCUT2D eigenvalue weighted by Gasteiger charge is -2.33. The van der Waals surface area contributed by atoms with Crippen LogP contribution in [0.1, 0.15) is 65.3 Å². The molecule has 0 bridgehead atoms. The maximum absolute atomic E-state index is 13.0. The van der Waals surface area contributed by atoms with Gasteiger partial charge in [0.05, 0.1) is 12.8 Å². The van der Waals surface area contributed by atoms with Crippen molar-refractivity contribution in [3.8, 4) is 5.75 Å². The largest absolute Gasteiger partial charge is 0.492 e. The van der Waals surface area contributed by atoms with E-state index < -0.39 is 0 Å². The molecular weight excluding hydrogens is 386 g/mol. The molecule has 2 fully saturated rings. The molecule has 5 nitrogen and oxygen atoms in total. The van der Waals surface area contributed by atoms with Gasteiger partial charge in [-0.05, 0) is 93.3 Å². The standard InChI is InChI=1S/C26H33N3O2/c1-28-13-3-4-25(28)21-8-7-20-15-22(10-9-19(20)14-21)29(2)26(30)24-12-11-23(16-27-24)31-17-18-5-6-18/h7-8,11-12,14,16,18,22,25H,3-6,9-10,13,15,17H2,1-2H3/t22-,25?/m0/s1. The first kappa shape index (κ1) is 20.5. The summed E-state index contributed by atoms with van der Waals surface area (Å²) in [6.45, 7) is 1.95. The lowest BCUT2D eigenvalue weighted by molar-refractivity contribution is 0.0713. The number of carbonyl (C=O) groups excluding carboxylic acids is 1. The van der Waals surface area contributed by atoms with Crippen LogP contribution in [0, 0.1) is 5.92 Å². The fraction of sp³-hybridized carbons (Fsp3) is 0.538. The molecule has 164 valence electrons. The van der Waals surface area contributed by atoms with Crippen LogP contribution >= 0.6 is 0 Å². The lowest BCUT2D eigenvalue weighted by atomic mass is 9.85. The Kier molecular flexibility index (Phi) is 5.70. The van der Waals surface area contributed by atoms with Crippen LogP contribution in [0.2, 0.25) is 0 Å². The summed E-state index contributed by atoms with van der Waals surface area (Å²) >= 11 is 0. The number of likely N-dealkylation sites (tertiary alicyclic amines) is 1. The van der Waals surface area contributed by atoms with Crippen LogP contribution in [-0.4, -0.2) is 54.0 Å². The molecule has 2 aliphatic carbocycles. The number of aryl methyl sites for hydroxylation is 1. The predicted octanol–water partition coefficient (Wildman–Crippen LogP) is 4.27. The van der Waals surface area contributed by atoms with Gasteiger partial charge in [0.1, 0.15) is 11.4 Å². The second-order valence-electron chi connectivity index (χ2n) is 9.61. The van der Waals surface area contributed by atoms with Gasteiger partial charge in [-0.15, -0.1) is 0 Å². The number of fused-ring (bicyclic) bond motifs is 1. The van der Waals surface area contributed by atoms with Crippen molar-refractivity contribution in [2.45, 2.75) is 57.0 Å². The van der Waals surface area contributed by atoms with Crippen LogP contribution in [0.3, 0.4) is 0 Å². The van der Waals surface area contributed by atoms with Crippen molar-refractivity contribution in [1.82, 2.24) is 14.8 Å². The van der Waals surface area contributed by atoms with Gasteiger partial charge in [-0.25, -0.2) is 4.98 Å². The van der Waals surface area contributed by atoms with Gasteiger partial charge in [0.15, 0.2) is 0 Å². The fourth-order valence-corrected chi connectivity index (χ4v) is 5.06. The number of ether oxygens (including phenoxy) is 1. The van der Waals surface area contributed by atoms with Gasteiger partial charge in [-0.2, -0.15) is 0 Å². The van der Waals surface area contributed by atoms with E-state index in [2.05, 4.69) is 35.1 Å². The molecular formula is C26H33N3O2. The zero-order valence-corrected chi connectivity index (χ0v) is 18.7. The van der Waals surface area contributed by atoms with E-state index in [0.29, 0.717) is 17.7 Å². The summed E-state index contributed by atoms with van der Waals surface area (Å²) in [6, 6.07) is 11.5. The van der Waals surface area contributed by atoms with Gasteiger partial charge in [-0.1, -0.05) is 18.2 Å². The molecule has 5 rings (SSSR count). The number of carbonyl (C=O) groups is 1. The minimum absolute atomic E-state index is 0.00797. The molecule has 1 amide bonds. The molecule has 0 spiro atoms. The molecule has 2 aromatic rings. The molecule has 2 heterocycles. The van der Waals surface area contributed by atoms with E-state index >= 15 is 0 Å². The molecule has 1 aromatic heterocycles. The van der Waals surface area contributed by atoms with Crippen LogP contribution in [0.25, 0.3) is 0 Å². The quantitative estimate of drug-likeness (QED) is 0.702. The van der Waals surface area contributed by atoms with Crippen molar-refractivity contribution in [1.29, 1.82) is 0 Å². The van der Waals surface area contributed by atoms with Crippen molar-refractivity contribution in [3.63, 3.8) is 0 Å².